The largest absolute Gasteiger partial charge is 0.492 e. The minimum Gasteiger partial charge on any atom is -0.492 e. The Hall–Kier alpha value is -2.57. The zero-order chi connectivity index (χ0) is 18.6. The lowest BCUT2D eigenvalue weighted by Gasteiger charge is -2.36. The van der Waals surface area contributed by atoms with E-state index in [4.69, 9.17) is 4.74 Å². The van der Waals surface area contributed by atoms with Crippen LogP contribution in [0.2, 0.25) is 0 Å². The van der Waals surface area contributed by atoms with Crippen LogP contribution in [0.15, 0.2) is 18.2 Å². The average molecular weight is 348 g/mol. The fraction of sp³-hybridized carbons (Fsp3) is 0.500. The van der Waals surface area contributed by atoms with Crippen LogP contribution in [-0.4, -0.2) is 48.5 Å². The summed E-state index contributed by atoms with van der Waals surface area (Å²) >= 11 is 0. The molecular weight excluding hydrogens is 324 g/mol. The van der Waals surface area contributed by atoms with E-state index in [-0.39, 0.29) is 12.3 Å². The average Bonchev–Trinajstić information content (AvgIpc) is 2.51. The molecule has 1 fully saturated rings. The molecule has 0 radical (unpaired) electrons. The monoisotopic (exact) mass is 348 g/mol. The number of aliphatic carboxylic acids is 1. The number of anilines is 1. The van der Waals surface area contributed by atoms with Crippen molar-refractivity contribution in [2.45, 2.75) is 32.6 Å². The molecule has 0 aliphatic heterocycles. The van der Waals surface area contributed by atoms with E-state index >= 15 is 0 Å². The Bertz CT molecular complexity index is 680. The Kier molecular flexibility index (Phi) is 5.66. The molecular formula is C18H24N2O5. The molecule has 7 heteroatoms. The molecule has 2 rings (SSSR count). The van der Waals surface area contributed by atoms with Gasteiger partial charge in [0.05, 0.1) is 17.7 Å². The third-order valence-electron chi connectivity index (χ3n) is 4.47. The number of carbonyl (C=O) groups excluding carboxylic acids is 2. The van der Waals surface area contributed by atoms with Crippen molar-refractivity contribution < 1.29 is 24.2 Å². The Labute approximate surface area is 147 Å². The second-order valence-electron chi connectivity index (χ2n) is 6.51. The number of hydrogen-bond donors (Lipinski definition) is 2. The van der Waals surface area contributed by atoms with Gasteiger partial charge in [-0.3, -0.25) is 14.4 Å². The molecule has 0 bridgehead atoms. The maximum Gasteiger partial charge on any atom is 0.310 e. The van der Waals surface area contributed by atoms with E-state index in [1.54, 1.807) is 32.3 Å². The first kappa shape index (κ1) is 18.8. The van der Waals surface area contributed by atoms with E-state index in [0.717, 1.165) is 6.42 Å². The highest BCUT2D eigenvalue weighted by atomic mass is 16.5. The van der Waals surface area contributed by atoms with Crippen molar-refractivity contribution in [3.8, 4) is 5.75 Å². The maximum absolute atomic E-state index is 12.4. The van der Waals surface area contributed by atoms with Crippen LogP contribution in [-0.2, 0) is 9.59 Å². The van der Waals surface area contributed by atoms with Gasteiger partial charge in [0.2, 0.25) is 5.91 Å². The Balaban J connectivity index is 2.20. The summed E-state index contributed by atoms with van der Waals surface area (Å²) < 4.78 is 5.50. The topological polar surface area (TPSA) is 95.9 Å². The van der Waals surface area contributed by atoms with Crippen molar-refractivity contribution in [3.05, 3.63) is 23.8 Å². The molecule has 0 spiro atoms. The number of rotatable bonds is 7. The van der Waals surface area contributed by atoms with Gasteiger partial charge in [-0.2, -0.15) is 0 Å². The fourth-order valence-corrected chi connectivity index (χ4v) is 2.87. The van der Waals surface area contributed by atoms with Crippen molar-refractivity contribution in [2.75, 3.05) is 26.0 Å². The van der Waals surface area contributed by atoms with Crippen molar-refractivity contribution in [1.29, 1.82) is 0 Å². The van der Waals surface area contributed by atoms with Gasteiger partial charge in [-0.15, -0.1) is 0 Å². The molecule has 1 aromatic carbocycles. The number of carboxylic acid groups (broad SMARTS) is 1. The second-order valence-corrected chi connectivity index (χ2v) is 6.51. The predicted octanol–water partition coefficient (Wildman–Crippen LogP) is 2.37. The van der Waals surface area contributed by atoms with Crippen LogP contribution in [0.5, 0.6) is 5.75 Å². The molecule has 25 heavy (non-hydrogen) atoms. The van der Waals surface area contributed by atoms with Gasteiger partial charge < -0.3 is 20.1 Å². The minimum absolute atomic E-state index is 0.0836. The van der Waals surface area contributed by atoms with E-state index in [2.05, 4.69) is 5.32 Å². The van der Waals surface area contributed by atoms with Gasteiger partial charge in [-0.25, -0.2) is 0 Å². The Morgan fingerprint density at radius 1 is 1.28 bits per heavy atom. The van der Waals surface area contributed by atoms with Crippen LogP contribution in [0.4, 0.5) is 5.69 Å². The van der Waals surface area contributed by atoms with Gasteiger partial charge in [-0.05, 0) is 38.0 Å². The van der Waals surface area contributed by atoms with Gasteiger partial charge in [-0.1, -0.05) is 6.42 Å². The van der Waals surface area contributed by atoms with E-state index in [1.807, 2.05) is 6.92 Å². The summed E-state index contributed by atoms with van der Waals surface area (Å²) in [7, 11) is 3.29. The third kappa shape index (κ3) is 4.10. The maximum atomic E-state index is 12.4. The van der Waals surface area contributed by atoms with Crippen LogP contribution in [0.1, 0.15) is 43.0 Å². The fourth-order valence-electron chi connectivity index (χ4n) is 2.87. The van der Waals surface area contributed by atoms with Crippen LogP contribution < -0.4 is 10.1 Å². The number of benzene rings is 1. The molecule has 1 aromatic rings. The van der Waals surface area contributed by atoms with Crippen molar-refractivity contribution in [2.24, 2.45) is 5.41 Å². The number of carbonyl (C=O) groups is 3. The van der Waals surface area contributed by atoms with Crippen LogP contribution in [0, 0.1) is 5.41 Å². The van der Waals surface area contributed by atoms with Crippen LogP contribution >= 0.6 is 0 Å². The lowest BCUT2D eigenvalue weighted by molar-refractivity contribution is -0.157. The van der Waals surface area contributed by atoms with E-state index in [9.17, 15) is 19.5 Å². The smallest absolute Gasteiger partial charge is 0.310 e. The normalized spacial score (nSPS) is 15.0. The molecule has 0 aromatic heterocycles. The van der Waals surface area contributed by atoms with E-state index in [1.165, 1.54) is 4.90 Å². The van der Waals surface area contributed by atoms with Gasteiger partial charge in [0, 0.05) is 26.1 Å². The molecule has 0 heterocycles. The Morgan fingerprint density at radius 3 is 2.44 bits per heavy atom. The first-order valence-electron chi connectivity index (χ1n) is 8.31. The number of amides is 2. The standard InChI is InChI=1S/C18H24N2O5/c1-4-25-14-7-6-12(16(22)20(2)3)10-13(14)19-15(21)11-18(17(23)24)8-5-9-18/h6-7,10H,4-5,8-9,11H2,1-3H3,(H,19,21)(H,23,24). The van der Waals surface area contributed by atoms with Gasteiger partial charge in [0.25, 0.3) is 5.91 Å². The summed E-state index contributed by atoms with van der Waals surface area (Å²) in [5.41, 5.74) is -0.174. The zero-order valence-electron chi connectivity index (χ0n) is 14.8. The van der Waals surface area contributed by atoms with Gasteiger partial charge >= 0.3 is 5.97 Å². The highest BCUT2D eigenvalue weighted by Gasteiger charge is 2.45. The number of carboxylic acids is 1. The van der Waals surface area contributed by atoms with E-state index < -0.39 is 17.3 Å². The van der Waals surface area contributed by atoms with Crippen LogP contribution in [0.3, 0.4) is 0 Å². The summed E-state index contributed by atoms with van der Waals surface area (Å²) in [6.07, 6.45) is 1.75. The molecule has 1 aliphatic rings. The van der Waals surface area contributed by atoms with Crippen molar-refractivity contribution in [3.63, 3.8) is 0 Å². The highest BCUT2D eigenvalue weighted by molar-refractivity contribution is 5.99. The molecule has 136 valence electrons. The molecule has 2 amide bonds. The van der Waals surface area contributed by atoms with Crippen molar-refractivity contribution in [1.82, 2.24) is 4.90 Å². The van der Waals surface area contributed by atoms with Gasteiger partial charge in [0.15, 0.2) is 0 Å². The second kappa shape index (κ2) is 7.55. The minimum atomic E-state index is -0.965. The van der Waals surface area contributed by atoms with Gasteiger partial charge in [0.1, 0.15) is 5.75 Å². The molecule has 0 saturated heterocycles. The number of ether oxygens (including phenoxy) is 1. The van der Waals surface area contributed by atoms with E-state index in [0.29, 0.717) is 36.4 Å². The molecule has 1 saturated carbocycles. The summed E-state index contributed by atoms with van der Waals surface area (Å²) in [6.45, 7) is 2.22. The number of hydrogen-bond acceptors (Lipinski definition) is 4. The quantitative estimate of drug-likeness (QED) is 0.789. The highest BCUT2D eigenvalue weighted by Crippen LogP contribution is 2.44. The summed E-state index contributed by atoms with van der Waals surface area (Å²) in [5, 5.41) is 12.1. The molecule has 7 nitrogen and oxygen atoms in total. The SMILES string of the molecule is CCOc1ccc(C(=O)N(C)C)cc1NC(=O)CC1(C(=O)O)CCC1. The number of nitrogens with one attached hydrogen (secondary N) is 1. The zero-order valence-corrected chi connectivity index (χ0v) is 14.8. The summed E-state index contributed by atoms with van der Waals surface area (Å²) in [4.78, 5) is 37.4. The van der Waals surface area contributed by atoms with Crippen molar-refractivity contribution >= 4 is 23.5 Å². The molecule has 1 aliphatic carbocycles. The summed E-state index contributed by atoms with van der Waals surface area (Å²) in [5.74, 6) is -1.07. The van der Waals surface area contributed by atoms with Crippen LogP contribution in [0.25, 0.3) is 0 Å². The lowest BCUT2D eigenvalue weighted by Crippen LogP contribution is -2.41. The first-order valence-corrected chi connectivity index (χ1v) is 8.31. The third-order valence-corrected chi connectivity index (χ3v) is 4.47. The lowest BCUT2D eigenvalue weighted by atomic mass is 9.66. The number of nitrogens with zero attached hydrogens (tertiary/aromatic N) is 1. The summed E-state index contributed by atoms with van der Waals surface area (Å²) in [6, 6.07) is 4.82. The first-order chi connectivity index (χ1) is 11.8. The Morgan fingerprint density at radius 2 is 1.96 bits per heavy atom. The molecule has 0 atom stereocenters. The molecule has 0 unspecified atom stereocenters. The predicted molar refractivity (Wildman–Crippen MR) is 92.8 cm³/mol. The molecule has 2 N–H and O–H groups in total.